The van der Waals surface area contributed by atoms with Gasteiger partial charge in [0.05, 0.1) is 20.8 Å². The van der Waals surface area contributed by atoms with Gasteiger partial charge in [-0.1, -0.05) is 54.7 Å². The summed E-state index contributed by atoms with van der Waals surface area (Å²) < 4.78 is 32.3. The van der Waals surface area contributed by atoms with Gasteiger partial charge in [-0.05, 0) is 29.7 Å². The summed E-state index contributed by atoms with van der Waals surface area (Å²) in [7, 11) is -4.17. The van der Waals surface area contributed by atoms with Crippen molar-refractivity contribution >= 4 is 27.6 Å². The lowest BCUT2D eigenvalue weighted by atomic mass is 10.0. The predicted octanol–water partition coefficient (Wildman–Crippen LogP) is 3.67. The van der Waals surface area contributed by atoms with E-state index in [0.29, 0.717) is 13.0 Å². The van der Waals surface area contributed by atoms with Crippen molar-refractivity contribution in [2.75, 3.05) is 17.2 Å². The van der Waals surface area contributed by atoms with Gasteiger partial charge in [0.25, 0.3) is 0 Å². The zero-order valence-electron chi connectivity index (χ0n) is 12.4. The molecule has 1 heterocycles. The van der Waals surface area contributed by atoms with Gasteiger partial charge in [-0.3, -0.25) is 0 Å². The Morgan fingerprint density at radius 2 is 1.83 bits per heavy atom. The van der Waals surface area contributed by atoms with Crippen LogP contribution < -0.4 is 4.90 Å². The monoisotopic (exact) mass is 346 g/mol. The van der Waals surface area contributed by atoms with Crippen LogP contribution >= 0.6 is 11.8 Å². The maximum Gasteiger partial charge on any atom is 0.0946 e. The van der Waals surface area contributed by atoms with Crippen LogP contribution in [0, 0.1) is 0 Å². The normalized spacial score (nSPS) is 14.1. The van der Waals surface area contributed by atoms with E-state index in [1.54, 1.807) is 11.8 Å². The van der Waals surface area contributed by atoms with Gasteiger partial charge in [-0.25, -0.2) is 8.42 Å². The molecular weight excluding hydrogens is 330 g/mol. The fourth-order valence-corrected chi connectivity index (χ4v) is 4.03. The molecule has 1 aliphatic heterocycles. The van der Waals surface area contributed by atoms with Crippen LogP contribution in [0.25, 0.3) is 11.1 Å². The Hall–Kier alpha value is -1.76. The van der Waals surface area contributed by atoms with Crippen LogP contribution in [0.15, 0.2) is 65.0 Å². The maximum absolute atomic E-state index is 10.8. The molecule has 2 aromatic rings. The summed E-state index contributed by atoms with van der Waals surface area (Å²) in [6.45, 7) is 4.50. The van der Waals surface area contributed by atoms with Gasteiger partial charge < -0.3 is 9.45 Å². The van der Waals surface area contributed by atoms with Crippen LogP contribution in [-0.4, -0.2) is 25.3 Å². The lowest BCUT2D eigenvalue weighted by Gasteiger charge is -2.20. The number of nitrogens with zero attached hydrogens (tertiary/aromatic N) is 1. The molecule has 0 atom stereocenters. The highest BCUT2D eigenvalue weighted by atomic mass is 32.2. The smallest absolute Gasteiger partial charge is 0.0946 e. The number of fused-ring (bicyclic) bond motifs is 1. The van der Waals surface area contributed by atoms with Crippen LogP contribution in [0.3, 0.4) is 0 Å². The highest BCUT2D eigenvalue weighted by Gasteiger charge is 2.23. The fourth-order valence-electron chi connectivity index (χ4n) is 2.59. The number of benzene rings is 2. The molecule has 0 unspecified atom stereocenters. The topological polar surface area (TPSA) is 60.4 Å². The first-order chi connectivity index (χ1) is 10.9. The summed E-state index contributed by atoms with van der Waals surface area (Å²) in [5.74, 6) is -0.352. The van der Waals surface area contributed by atoms with Gasteiger partial charge in [0.15, 0.2) is 0 Å². The van der Waals surface area contributed by atoms with E-state index in [1.807, 2.05) is 35.2 Å². The molecule has 0 aromatic heterocycles. The SMILES string of the molecule is C=C1Sc2ccc(-c3ccccc3)cc2N1CCCS(=O)(=O)[O-]. The third-order valence-electron chi connectivity index (χ3n) is 3.66. The molecule has 4 nitrogen and oxygen atoms in total. The highest BCUT2D eigenvalue weighted by molar-refractivity contribution is 8.03. The maximum atomic E-state index is 10.8. The quantitative estimate of drug-likeness (QED) is 0.773. The second-order valence-corrected chi connectivity index (χ2v) is 7.95. The van der Waals surface area contributed by atoms with E-state index >= 15 is 0 Å². The molecule has 0 amide bonds. The van der Waals surface area contributed by atoms with Gasteiger partial charge in [-0.2, -0.15) is 0 Å². The third-order valence-corrected chi connectivity index (χ3v) is 5.47. The van der Waals surface area contributed by atoms with Crippen molar-refractivity contribution in [1.29, 1.82) is 0 Å². The minimum absolute atomic E-state index is 0.292. The summed E-state index contributed by atoms with van der Waals surface area (Å²) >= 11 is 1.56. The number of anilines is 1. The van der Waals surface area contributed by atoms with Crippen LogP contribution in [0.1, 0.15) is 6.42 Å². The molecule has 0 saturated carbocycles. The Kier molecular flexibility index (Phi) is 4.48. The van der Waals surface area contributed by atoms with Gasteiger partial charge in [0.1, 0.15) is 0 Å². The van der Waals surface area contributed by atoms with Crippen LogP contribution in [0.4, 0.5) is 5.69 Å². The van der Waals surface area contributed by atoms with Gasteiger partial charge in [0.2, 0.25) is 0 Å². The van der Waals surface area contributed by atoms with Gasteiger partial charge in [0, 0.05) is 17.2 Å². The molecule has 2 aromatic carbocycles. The Labute approximate surface area is 140 Å². The Balaban J connectivity index is 1.84. The lowest BCUT2D eigenvalue weighted by Crippen LogP contribution is -2.21. The van der Waals surface area contributed by atoms with Crippen molar-refractivity contribution in [3.05, 3.63) is 60.1 Å². The van der Waals surface area contributed by atoms with Gasteiger partial charge in [-0.15, -0.1) is 0 Å². The van der Waals surface area contributed by atoms with E-state index in [0.717, 1.165) is 26.7 Å². The summed E-state index contributed by atoms with van der Waals surface area (Å²) in [4.78, 5) is 3.08. The van der Waals surface area contributed by atoms with Crippen molar-refractivity contribution in [1.82, 2.24) is 0 Å². The fraction of sp³-hybridized carbons (Fsp3) is 0.176. The van der Waals surface area contributed by atoms with Crippen LogP contribution in [-0.2, 0) is 10.1 Å². The second kappa shape index (κ2) is 6.39. The van der Waals surface area contributed by atoms with Crippen molar-refractivity contribution in [2.24, 2.45) is 0 Å². The summed E-state index contributed by atoms with van der Waals surface area (Å²) in [6, 6.07) is 16.3. The molecule has 120 valence electrons. The Bertz CT molecular complexity index is 832. The molecule has 0 aliphatic carbocycles. The van der Waals surface area contributed by atoms with Gasteiger partial charge >= 0.3 is 0 Å². The summed E-state index contributed by atoms with van der Waals surface area (Å²) in [5.41, 5.74) is 3.24. The molecule has 3 rings (SSSR count). The van der Waals surface area contributed by atoms with Crippen molar-refractivity contribution in [3.63, 3.8) is 0 Å². The molecule has 0 saturated heterocycles. The zero-order chi connectivity index (χ0) is 16.4. The second-order valence-electron chi connectivity index (χ2n) is 5.31. The molecule has 0 bridgehead atoms. The van der Waals surface area contributed by atoms with Crippen molar-refractivity contribution in [2.45, 2.75) is 11.3 Å². The molecule has 1 aliphatic rings. The minimum atomic E-state index is -4.17. The van der Waals surface area contributed by atoms with Crippen LogP contribution in [0.2, 0.25) is 0 Å². The number of hydrogen-bond acceptors (Lipinski definition) is 5. The largest absolute Gasteiger partial charge is 0.748 e. The lowest BCUT2D eigenvalue weighted by molar-refractivity contribution is 0.461. The Morgan fingerprint density at radius 1 is 1.09 bits per heavy atom. The number of thioether (sulfide) groups is 1. The zero-order valence-corrected chi connectivity index (χ0v) is 14.1. The molecular formula is C17H16NO3S2-. The summed E-state index contributed by atoms with van der Waals surface area (Å²) in [5, 5.41) is 0.855. The first-order valence-corrected chi connectivity index (χ1v) is 9.61. The van der Waals surface area contributed by atoms with E-state index in [9.17, 15) is 13.0 Å². The highest BCUT2D eigenvalue weighted by Crippen LogP contribution is 2.46. The van der Waals surface area contributed by atoms with E-state index in [-0.39, 0.29) is 5.75 Å². The predicted molar refractivity (Wildman–Crippen MR) is 93.4 cm³/mol. The molecule has 0 radical (unpaired) electrons. The molecule has 6 heteroatoms. The standard InChI is InChI=1S/C17H17NO3S2/c1-13-18(10-5-11-23(19,20)21)16-12-15(8-9-17(16)22-13)14-6-3-2-4-7-14/h2-4,6-9,12H,1,5,10-11H2,(H,19,20,21)/p-1. The minimum Gasteiger partial charge on any atom is -0.748 e. The number of rotatable bonds is 5. The average molecular weight is 346 g/mol. The number of hydrogen-bond donors (Lipinski definition) is 0. The molecule has 0 N–H and O–H groups in total. The molecule has 23 heavy (non-hydrogen) atoms. The average Bonchev–Trinajstić information content (AvgIpc) is 2.82. The Morgan fingerprint density at radius 3 is 2.52 bits per heavy atom. The van der Waals surface area contributed by atoms with E-state index in [2.05, 4.69) is 24.8 Å². The summed E-state index contributed by atoms with van der Waals surface area (Å²) in [6.07, 6.45) is 0.292. The first-order valence-electron chi connectivity index (χ1n) is 7.21. The molecule has 0 spiro atoms. The molecule has 0 fully saturated rings. The van der Waals surface area contributed by atoms with Crippen molar-refractivity contribution < 1.29 is 13.0 Å². The van der Waals surface area contributed by atoms with Crippen molar-refractivity contribution in [3.8, 4) is 11.1 Å². The van der Waals surface area contributed by atoms with Crippen LogP contribution in [0.5, 0.6) is 0 Å². The first kappa shape index (κ1) is 16.1. The van der Waals surface area contributed by atoms with E-state index < -0.39 is 10.1 Å². The third kappa shape index (κ3) is 3.77. The van der Waals surface area contributed by atoms with E-state index in [1.165, 1.54) is 0 Å². The van der Waals surface area contributed by atoms with E-state index in [4.69, 9.17) is 0 Å².